The minimum atomic E-state index is 0.121. The fourth-order valence-corrected chi connectivity index (χ4v) is 3.24. The molecule has 0 spiro atoms. The number of hydrogen-bond donors (Lipinski definition) is 1. The average molecular weight is 369 g/mol. The van der Waals surface area contributed by atoms with Gasteiger partial charge in [-0.2, -0.15) is 0 Å². The highest BCUT2D eigenvalue weighted by molar-refractivity contribution is 9.11. The SMILES string of the molecule is CC1(C)C(Cl)CC1Nc1ncc(Br)cc1Br. The van der Waals surface area contributed by atoms with Crippen molar-refractivity contribution in [3.8, 4) is 0 Å². The topological polar surface area (TPSA) is 24.9 Å². The first kappa shape index (κ1) is 12.7. The molecule has 0 aromatic carbocycles. The number of anilines is 1. The number of hydrogen-bond acceptors (Lipinski definition) is 2. The van der Waals surface area contributed by atoms with Gasteiger partial charge in [0.15, 0.2) is 0 Å². The zero-order valence-corrected chi connectivity index (χ0v) is 13.0. The molecule has 1 aliphatic rings. The van der Waals surface area contributed by atoms with Crippen LogP contribution < -0.4 is 5.32 Å². The first-order valence-corrected chi connectivity index (χ1v) is 7.15. The van der Waals surface area contributed by atoms with Crippen LogP contribution in [0.1, 0.15) is 20.3 Å². The zero-order valence-electron chi connectivity index (χ0n) is 9.10. The molecule has 1 heterocycles. The first-order chi connectivity index (χ1) is 7.41. The first-order valence-electron chi connectivity index (χ1n) is 5.13. The Morgan fingerprint density at radius 3 is 2.69 bits per heavy atom. The van der Waals surface area contributed by atoms with Crippen LogP contribution in [-0.2, 0) is 0 Å². The van der Waals surface area contributed by atoms with Crippen LogP contribution in [0.3, 0.4) is 0 Å². The molecule has 1 N–H and O–H groups in total. The summed E-state index contributed by atoms with van der Waals surface area (Å²) in [5.74, 6) is 0.879. The van der Waals surface area contributed by atoms with Crippen molar-refractivity contribution in [2.45, 2.75) is 31.7 Å². The molecule has 1 fully saturated rings. The van der Waals surface area contributed by atoms with Gasteiger partial charge in [0.1, 0.15) is 5.82 Å². The minimum absolute atomic E-state index is 0.121. The molecular formula is C11H13Br2ClN2. The number of rotatable bonds is 2. The lowest BCUT2D eigenvalue weighted by Gasteiger charge is -2.49. The molecule has 5 heteroatoms. The van der Waals surface area contributed by atoms with E-state index in [-0.39, 0.29) is 10.8 Å². The Hall–Kier alpha value is 0.200. The van der Waals surface area contributed by atoms with E-state index in [1.807, 2.05) is 6.07 Å². The van der Waals surface area contributed by atoms with Crippen LogP contribution in [0.15, 0.2) is 21.2 Å². The van der Waals surface area contributed by atoms with Crippen LogP contribution in [0.25, 0.3) is 0 Å². The van der Waals surface area contributed by atoms with Crippen LogP contribution in [0.5, 0.6) is 0 Å². The van der Waals surface area contributed by atoms with E-state index in [9.17, 15) is 0 Å². The molecule has 1 aliphatic carbocycles. The maximum Gasteiger partial charge on any atom is 0.140 e. The molecule has 1 aromatic rings. The lowest BCUT2D eigenvalue weighted by Crippen LogP contribution is -2.54. The van der Waals surface area contributed by atoms with E-state index in [0.717, 1.165) is 21.2 Å². The predicted molar refractivity (Wildman–Crippen MR) is 75.1 cm³/mol. The molecule has 2 atom stereocenters. The Morgan fingerprint density at radius 2 is 2.19 bits per heavy atom. The van der Waals surface area contributed by atoms with Crippen molar-refractivity contribution in [3.63, 3.8) is 0 Å². The van der Waals surface area contributed by atoms with Crippen molar-refractivity contribution >= 4 is 49.3 Å². The molecule has 1 aromatic heterocycles. The summed E-state index contributed by atoms with van der Waals surface area (Å²) < 4.78 is 1.93. The van der Waals surface area contributed by atoms with Crippen molar-refractivity contribution in [3.05, 3.63) is 21.2 Å². The van der Waals surface area contributed by atoms with E-state index in [4.69, 9.17) is 11.6 Å². The Bertz CT molecular complexity index is 409. The number of nitrogens with one attached hydrogen (secondary N) is 1. The number of aromatic nitrogens is 1. The summed E-state index contributed by atoms with van der Waals surface area (Å²) in [6, 6.07) is 2.37. The van der Waals surface area contributed by atoms with Gasteiger partial charge in [0.2, 0.25) is 0 Å². The van der Waals surface area contributed by atoms with Crippen molar-refractivity contribution in [2.75, 3.05) is 5.32 Å². The number of pyridine rings is 1. The van der Waals surface area contributed by atoms with Crippen LogP contribution in [-0.4, -0.2) is 16.4 Å². The summed E-state index contributed by atoms with van der Waals surface area (Å²) in [7, 11) is 0. The number of nitrogens with zero attached hydrogens (tertiary/aromatic N) is 1. The molecule has 2 nitrogen and oxygen atoms in total. The van der Waals surface area contributed by atoms with E-state index in [1.54, 1.807) is 6.20 Å². The van der Waals surface area contributed by atoms with Crippen molar-refractivity contribution in [1.82, 2.24) is 4.98 Å². The molecule has 1 saturated carbocycles. The van der Waals surface area contributed by atoms with E-state index in [1.165, 1.54) is 0 Å². The Kier molecular flexibility index (Phi) is 3.53. The molecular weight excluding hydrogens is 355 g/mol. The van der Waals surface area contributed by atoms with Crippen LogP contribution >= 0.6 is 43.5 Å². The van der Waals surface area contributed by atoms with Crippen molar-refractivity contribution < 1.29 is 0 Å². The minimum Gasteiger partial charge on any atom is -0.366 e. The maximum absolute atomic E-state index is 6.19. The summed E-state index contributed by atoms with van der Waals surface area (Å²) in [6.07, 6.45) is 2.77. The van der Waals surface area contributed by atoms with Gasteiger partial charge >= 0.3 is 0 Å². The average Bonchev–Trinajstić information content (AvgIpc) is 2.21. The molecule has 2 unspecified atom stereocenters. The van der Waals surface area contributed by atoms with E-state index >= 15 is 0 Å². The normalized spacial score (nSPS) is 27.3. The van der Waals surface area contributed by atoms with Gasteiger partial charge < -0.3 is 5.32 Å². The summed E-state index contributed by atoms with van der Waals surface area (Å²) >= 11 is 13.1. The largest absolute Gasteiger partial charge is 0.366 e. The highest BCUT2D eigenvalue weighted by Gasteiger charge is 2.47. The van der Waals surface area contributed by atoms with Gasteiger partial charge in [0.25, 0.3) is 0 Å². The highest BCUT2D eigenvalue weighted by atomic mass is 79.9. The third-order valence-corrected chi connectivity index (χ3v) is 5.05. The molecule has 0 aliphatic heterocycles. The van der Waals surface area contributed by atoms with Crippen LogP contribution in [0, 0.1) is 5.41 Å². The second-order valence-electron chi connectivity index (χ2n) is 4.71. The highest BCUT2D eigenvalue weighted by Crippen LogP contribution is 2.46. The molecule has 0 saturated heterocycles. The Labute approximate surface area is 117 Å². The monoisotopic (exact) mass is 366 g/mol. The van der Waals surface area contributed by atoms with Gasteiger partial charge in [-0.05, 0) is 44.3 Å². The summed E-state index contributed by atoms with van der Waals surface area (Å²) in [4.78, 5) is 4.34. The number of halogens is 3. The summed E-state index contributed by atoms with van der Waals surface area (Å²) in [6.45, 7) is 4.36. The van der Waals surface area contributed by atoms with Gasteiger partial charge in [0, 0.05) is 27.5 Å². The third-order valence-electron chi connectivity index (χ3n) is 3.27. The Morgan fingerprint density at radius 1 is 1.50 bits per heavy atom. The zero-order chi connectivity index (χ0) is 11.9. The lowest BCUT2D eigenvalue weighted by atomic mass is 9.67. The van der Waals surface area contributed by atoms with Gasteiger partial charge in [-0.3, -0.25) is 0 Å². The second kappa shape index (κ2) is 4.46. The molecule has 0 amide bonds. The molecule has 0 radical (unpaired) electrons. The third kappa shape index (κ3) is 2.24. The lowest BCUT2D eigenvalue weighted by molar-refractivity contribution is 0.168. The van der Waals surface area contributed by atoms with Crippen molar-refractivity contribution in [2.24, 2.45) is 5.41 Å². The fourth-order valence-electron chi connectivity index (χ4n) is 1.80. The van der Waals surface area contributed by atoms with Gasteiger partial charge in [-0.25, -0.2) is 4.98 Å². The molecule has 16 heavy (non-hydrogen) atoms. The maximum atomic E-state index is 6.19. The fraction of sp³-hybridized carbons (Fsp3) is 0.545. The van der Waals surface area contributed by atoms with Gasteiger partial charge in [-0.1, -0.05) is 13.8 Å². The van der Waals surface area contributed by atoms with Gasteiger partial charge in [0.05, 0.1) is 4.47 Å². The standard InChI is InChI=1S/C11H13Br2ClN2/c1-11(2)8(14)4-9(11)16-10-7(13)3-6(12)5-15-10/h3,5,8-9H,4H2,1-2H3,(H,15,16). The quantitative estimate of drug-likeness (QED) is 0.782. The second-order valence-corrected chi connectivity index (χ2v) is 7.00. The van der Waals surface area contributed by atoms with E-state index < -0.39 is 0 Å². The van der Waals surface area contributed by atoms with E-state index in [2.05, 4.69) is 56.0 Å². The van der Waals surface area contributed by atoms with Crippen LogP contribution in [0.2, 0.25) is 0 Å². The summed E-state index contributed by atoms with van der Waals surface area (Å²) in [5.41, 5.74) is 0.121. The molecule has 2 rings (SSSR count). The molecule has 0 bridgehead atoms. The van der Waals surface area contributed by atoms with E-state index in [0.29, 0.717) is 6.04 Å². The number of alkyl halides is 1. The van der Waals surface area contributed by atoms with Crippen molar-refractivity contribution in [1.29, 1.82) is 0 Å². The Balaban J connectivity index is 2.11. The van der Waals surface area contributed by atoms with Gasteiger partial charge in [-0.15, -0.1) is 11.6 Å². The predicted octanol–water partition coefficient (Wildman–Crippen LogP) is 4.42. The summed E-state index contributed by atoms with van der Waals surface area (Å²) in [5, 5.41) is 3.68. The smallest absolute Gasteiger partial charge is 0.140 e. The molecule has 88 valence electrons. The van der Waals surface area contributed by atoms with Crippen LogP contribution in [0.4, 0.5) is 5.82 Å².